The van der Waals surface area contributed by atoms with Crippen molar-refractivity contribution >= 4 is 17.6 Å². The van der Waals surface area contributed by atoms with Gasteiger partial charge in [-0.3, -0.25) is 0 Å². The number of nitrogens with one attached hydrogen (secondary N) is 1. The van der Waals surface area contributed by atoms with Crippen molar-refractivity contribution in [1.82, 2.24) is 5.32 Å². The zero-order valence-electron chi connectivity index (χ0n) is 9.69. The molecule has 2 bridgehead atoms. The van der Waals surface area contributed by atoms with E-state index in [2.05, 4.69) is 9.71 Å². The number of rotatable bonds is 2. The van der Waals surface area contributed by atoms with Gasteiger partial charge < -0.3 is 9.87 Å². The molecule has 1 saturated heterocycles. The Labute approximate surface area is 95.1 Å². The number of nitrogens with zero attached hydrogens (tertiary/aromatic N) is 1. The number of fused-ring (bicyclic) bond motifs is 2. The van der Waals surface area contributed by atoms with Crippen LogP contribution in [0.25, 0.3) is 0 Å². The summed E-state index contributed by atoms with van der Waals surface area (Å²) in [4.78, 5) is 0. The molecule has 4 heteroatoms. The van der Waals surface area contributed by atoms with E-state index < -0.39 is 11.4 Å². The minimum Gasteiger partial charge on any atom is -0.591 e. The van der Waals surface area contributed by atoms with Crippen LogP contribution in [0.4, 0.5) is 0 Å². The molecule has 2 rings (SSSR count). The smallest absolute Gasteiger partial charge is 0.144 e. The fraction of sp³-hybridized carbons (Fsp3) is 0.909. The first kappa shape index (κ1) is 11.4. The molecule has 2 aliphatic rings. The minimum absolute atomic E-state index is 0.242. The fourth-order valence-corrected chi connectivity index (χ4v) is 2.90. The van der Waals surface area contributed by atoms with Crippen molar-refractivity contribution in [1.29, 1.82) is 0 Å². The van der Waals surface area contributed by atoms with Crippen LogP contribution >= 0.6 is 0 Å². The molecule has 0 aromatic carbocycles. The van der Waals surface area contributed by atoms with Crippen LogP contribution in [-0.2, 0) is 11.4 Å². The fourth-order valence-electron chi connectivity index (χ4n) is 2.35. The molecule has 0 amide bonds. The maximum absolute atomic E-state index is 11.7. The molecule has 3 nitrogen and oxygen atoms in total. The average Bonchev–Trinajstić information content (AvgIpc) is 2.73. The van der Waals surface area contributed by atoms with Crippen LogP contribution in [0.3, 0.4) is 0 Å². The Morgan fingerprint density at radius 3 is 2.60 bits per heavy atom. The van der Waals surface area contributed by atoms with Crippen molar-refractivity contribution < 1.29 is 4.55 Å². The molecule has 2 fully saturated rings. The molecule has 0 aromatic heterocycles. The van der Waals surface area contributed by atoms with Gasteiger partial charge in [-0.2, -0.15) is 0 Å². The summed E-state index contributed by atoms with van der Waals surface area (Å²) in [6, 6.07) is 1.06. The van der Waals surface area contributed by atoms with Crippen LogP contribution in [0.2, 0.25) is 0 Å². The first-order chi connectivity index (χ1) is 6.97. The molecule has 86 valence electrons. The molecule has 0 spiro atoms. The molecule has 1 heterocycles. The van der Waals surface area contributed by atoms with Gasteiger partial charge in [0.05, 0.1) is 12.3 Å². The van der Waals surface area contributed by atoms with E-state index in [0.717, 1.165) is 5.92 Å². The van der Waals surface area contributed by atoms with Crippen LogP contribution in [0.5, 0.6) is 0 Å². The van der Waals surface area contributed by atoms with E-state index >= 15 is 0 Å². The van der Waals surface area contributed by atoms with Crippen LogP contribution in [-0.4, -0.2) is 27.6 Å². The summed E-state index contributed by atoms with van der Waals surface area (Å²) in [6.45, 7) is 5.86. The van der Waals surface area contributed by atoms with E-state index in [-0.39, 0.29) is 4.75 Å². The molecule has 0 radical (unpaired) electrons. The van der Waals surface area contributed by atoms with Crippen molar-refractivity contribution in [2.24, 2.45) is 10.3 Å². The zero-order chi connectivity index (χ0) is 11.1. The van der Waals surface area contributed by atoms with Gasteiger partial charge in [-0.05, 0) is 46.0 Å². The normalized spacial score (nSPS) is 37.7. The summed E-state index contributed by atoms with van der Waals surface area (Å²) in [7, 11) is 0. The first-order valence-electron chi connectivity index (χ1n) is 5.69. The van der Waals surface area contributed by atoms with Crippen molar-refractivity contribution in [3.05, 3.63) is 0 Å². The van der Waals surface area contributed by atoms with Crippen LogP contribution in [0, 0.1) is 5.92 Å². The quantitative estimate of drug-likeness (QED) is 0.577. The van der Waals surface area contributed by atoms with Crippen LogP contribution < -0.4 is 5.32 Å². The van der Waals surface area contributed by atoms with Gasteiger partial charge in [0.1, 0.15) is 16.1 Å². The van der Waals surface area contributed by atoms with Crippen LogP contribution in [0.15, 0.2) is 4.40 Å². The minimum atomic E-state index is -1.11. The third-order valence-corrected chi connectivity index (χ3v) is 4.61. The highest BCUT2D eigenvalue weighted by Crippen LogP contribution is 2.34. The predicted molar refractivity (Wildman–Crippen MR) is 64.4 cm³/mol. The Kier molecular flexibility index (Phi) is 3.10. The van der Waals surface area contributed by atoms with Crippen LogP contribution in [0.1, 0.15) is 40.0 Å². The molecule has 0 aromatic rings. The molecule has 4 unspecified atom stereocenters. The van der Waals surface area contributed by atoms with Gasteiger partial charge in [-0.1, -0.05) is 4.40 Å². The Balaban J connectivity index is 1.89. The lowest BCUT2D eigenvalue weighted by Gasteiger charge is -2.21. The Morgan fingerprint density at radius 2 is 2.13 bits per heavy atom. The molecule has 1 aliphatic carbocycles. The second-order valence-corrected chi connectivity index (χ2v) is 7.51. The van der Waals surface area contributed by atoms with Gasteiger partial charge in [0, 0.05) is 6.04 Å². The molecule has 1 N–H and O–H groups in total. The van der Waals surface area contributed by atoms with E-state index in [1.807, 2.05) is 27.0 Å². The maximum Gasteiger partial charge on any atom is 0.144 e. The van der Waals surface area contributed by atoms with Gasteiger partial charge >= 0.3 is 0 Å². The summed E-state index contributed by atoms with van der Waals surface area (Å²) >= 11 is -1.11. The van der Waals surface area contributed by atoms with Gasteiger partial charge in [0.25, 0.3) is 0 Å². The Morgan fingerprint density at radius 1 is 1.40 bits per heavy atom. The van der Waals surface area contributed by atoms with Gasteiger partial charge in [0.2, 0.25) is 0 Å². The Hall–Kier alpha value is -0.0600. The number of piperidine rings is 1. The maximum atomic E-state index is 11.7. The molecular weight excluding hydrogens is 208 g/mol. The van der Waals surface area contributed by atoms with Crippen molar-refractivity contribution in [3.8, 4) is 0 Å². The molecule has 4 atom stereocenters. The van der Waals surface area contributed by atoms with E-state index in [9.17, 15) is 4.55 Å². The third-order valence-electron chi connectivity index (χ3n) is 3.25. The van der Waals surface area contributed by atoms with E-state index in [1.54, 1.807) is 0 Å². The van der Waals surface area contributed by atoms with E-state index in [0.29, 0.717) is 12.1 Å². The zero-order valence-corrected chi connectivity index (χ0v) is 10.5. The SMILES string of the molecule is CC(C)(C)[S+]([O-])/N=C/C1NC2CCC1C2. The van der Waals surface area contributed by atoms with E-state index in [4.69, 9.17) is 0 Å². The van der Waals surface area contributed by atoms with Gasteiger partial charge in [0.15, 0.2) is 0 Å². The number of hydrogen-bond acceptors (Lipinski definition) is 3. The first-order valence-corrected chi connectivity index (χ1v) is 6.80. The van der Waals surface area contributed by atoms with Crippen molar-refractivity contribution in [2.75, 3.05) is 0 Å². The largest absolute Gasteiger partial charge is 0.591 e. The molecule has 1 saturated carbocycles. The average molecular weight is 228 g/mol. The lowest BCUT2D eigenvalue weighted by molar-refractivity contribution is 0.459. The summed E-state index contributed by atoms with van der Waals surface area (Å²) in [5.74, 6) is 0.732. The highest BCUT2D eigenvalue weighted by molar-refractivity contribution is 7.91. The molecule has 15 heavy (non-hydrogen) atoms. The summed E-state index contributed by atoms with van der Waals surface area (Å²) < 4.78 is 15.7. The lowest BCUT2D eigenvalue weighted by Crippen LogP contribution is -2.37. The topological polar surface area (TPSA) is 47.5 Å². The van der Waals surface area contributed by atoms with Gasteiger partial charge in [-0.25, -0.2) is 0 Å². The van der Waals surface area contributed by atoms with Crippen molar-refractivity contribution in [2.45, 2.75) is 56.9 Å². The monoisotopic (exact) mass is 228 g/mol. The van der Waals surface area contributed by atoms with Crippen molar-refractivity contribution in [3.63, 3.8) is 0 Å². The second kappa shape index (κ2) is 4.07. The van der Waals surface area contributed by atoms with Gasteiger partial charge in [-0.15, -0.1) is 0 Å². The number of hydrogen-bond donors (Lipinski definition) is 1. The third kappa shape index (κ3) is 2.55. The summed E-state index contributed by atoms with van der Waals surface area (Å²) in [6.07, 6.45) is 5.76. The summed E-state index contributed by atoms with van der Waals surface area (Å²) in [5.41, 5.74) is 0. The highest BCUT2D eigenvalue weighted by Gasteiger charge is 2.38. The molecular formula is C11H20N2OS. The predicted octanol–water partition coefficient (Wildman–Crippen LogP) is 1.66. The molecule has 1 aliphatic heterocycles. The lowest BCUT2D eigenvalue weighted by atomic mass is 10.0. The van der Waals surface area contributed by atoms with E-state index in [1.165, 1.54) is 19.3 Å². The second-order valence-electron chi connectivity index (χ2n) is 5.58. The summed E-state index contributed by atoms with van der Waals surface area (Å²) in [5, 5.41) is 3.51. The highest BCUT2D eigenvalue weighted by atomic mass is 32.2. The standard InChI is InChI=1S/C11H20N2OS/c1-11(2,3)15(14)12-7-10-8-4-5-9(6-8)13-10/h7-10,13H,4-6H2,1-3H3/b12-7+. The Bertz CT molecular complexity index is 262.